The first-order valence-corrected chi connectivity index (χ1v) is 8.80. The first kappa shape index (κ1) is 17.6. The van der Waals surface area contributed by atoms with E-state index < -0.39 is 0 Å². The van der Waals surface area contributed by atoms with Crippen LogP contribution in [0, 0.1) is 0 Å². The summed E-state index contributed by atoms with van der Waals surface area (Å²) in [6, 6.07) is 29.7. The van der Waals surface area contributed by atoms with E-state index in [-0.39, 0.29) is 24.0 Å². The number of benzene rings is 3. The average Bonchev–Trinajstić information content (AvgIpc) is 2.73. The third-order valence-corrected chi connectivity index (χ3v) is 4.82. The molecule has 2 heterocycles. The Morgan fingerprint density at radius 2 is 0.667 bits per heavy atom. The van der Waals surface area contributed by atoms with Gasteiger partial charge in [-0.25, -0.2) is 0 Å². The quantitative estimate of drug-likeness (QED) is 0.214. The van der Waals surface area contributed by atoms with Crippen molar-refractivity contribution >= 4 is 21.5 Å². The van der Waals surface area contributed by atoms with E-state index in [2.05, 4.69) is 119 Å². The highest BCUT2D eigenvalue weighted by Crippen LogP contribution is 2.33. The Kier molecular flexibility index (Phi) is 4.86. The van der Waals surface area contributed by atoms with Gasteiger partial charge in [0, 0.05) is 24.3 Å². The number of halogens is 1. The fourth-order valence-electron chi connectivity index (χ4n) is 3.73. The predicted octanol–water partition coefficient (Wildman–Crippen LogP) is 1.55. The summed E-state index contributed by atoms with van der Waals surface area (Å²) in [6.07, 6.45) is 8.46. The van der Waals surface area contributed by atoms with Crippen LogP contribution in [0.25, 0.3) is 32.9 Å². The number of rotatable bonds is 2. The van der Waals surface area contributed by atoms with Gasteiger partial charge in [0.05, 0.1) is 21.5 Å². The molecule has 2 aromatic heterocycles. The Hall–Kier alpha value is -2.79. The molecule has 5 rings (SSSR count). The van der Waals surface area contributed by atoms with E-state index in [0.29, 0.717) is 0 Å². The second kappa shape index (κ2) is 7.45. The molecule has 0 amide bonds. The second-order valence-electron chi connectivity index (χ2n) is 6.35. The molecule has 0 bridgehead atoms. The molecule has 27 heavy (non-hydrogen) atoms. The van der Waals surface area contributed by atoms with Crippen LogP contribution in [0.3, 0.4) is 0 Å². The van der Waals surface area contributed by atoms with Gasteiger partial charge in [-0.05, 0) is 24.3 Å². The van der Waals surface area contributed by atoms with Gasteiger partial charge >= 0.3 is 0 Å². The fourth-order valence-corrected chi connectivity index (χ4v) is 3.73. The molecule has 2 nitrogen and oxygen atoms in total. The molecule has 130 valence electrons. The van der Waals surface area contributed by atoms with E-state index in [1.807, 2.05) is 0 Å². The smallest absolute Gasteiger partial charge is 0.226 e. The molecule has 0 N–H and O–H groups in total. The molecule has 0 unspecified atom stereocenters. The normalized spacial score (nSPS) is 10.7. The summed E-state index contributed by atoms with van der Waals surface area (Å²) in [4.78, 5) is 0. The molecule has 5 aromatic rings. The highest BCUT2D eigenvalue weighted by molar-refractivity contribution is 6.11. The molecule has 3 heteroatoms. The summed E-state index contributed by atoms with van der Waals surface area (Å²) in [5, 5.41) is 4.98. The van der Waals surface area contributed by atoms with Crippen LogP contribution in [0.4, 0.5) is 0 Å². The topological polar surface area (TPSA) is 7.76 Å². The van der Waals surface area contributed by atoms with Crippen LogP contribution in [-0.4, -0.2) is 0 Å². The highest BCUT2D eigenvalue weighted by atomic mass is 127. The minimum absolute atomic E-state index is 0. The lowest BCUT2D eigenvalue weighted by Crippen LogP contribution is -3.00. The number of aromatic nitrogens is 2. The Balaban J connectivity index is 0.00000180. The minimum Gasteiger partial charge on any atom is -1.00 e. The van der Waals surface area contributed by atoms with Crippen molar-refractivity contribution in [2.24, 2.45) is 0 Å². The van der Waals surface area contributed by atoms with E-state index in [1.165, 1.54) is 32.9 Å². The number of nitrogens with zero attached hydrogens (tertiary/aromatic N) is 2. The van der Waals surface area contributed by atoms with Gasteiger partial charge in [0.25, 0.3) is 0 Å². The largest absolute Gasteiger partial charge is 1.00 e. The van der Waals surface area contributed by atoms with Crippen LogP contribution in [-0.2, 0) is 0 Å². The zero-order chi connectivity index (χ0) is 17.3. The summed E-state index contributed by atoms with van der Waals surface area (Å²) >= 11 is 0. The third-order valence-electron chi connectivity index (χ3n) is 4.82. The van der Waals surface area contributed by atoms with Gasteiger partial charge in [0.2, 0.25) is 11.4 Å². The predicted molar refractivity (Wildman–Crippen MR) is 105 cm³/mol. The molecule has 0 atom stereocenters. The Morgan fingerprint density at radius 3 is 0.963 bits per heavy atom. The van der Waals surface area contributed by atoms with Crippen molar-refractivity contribution in [1.82, 2.24) is 0 Å². The van der Waals surface area contributed by atoms with Gasteiger partial charge < -0.3 is 24.0 Å². The molecule has 0 saturated carbocycles. The number of hydrogen-bond acceptors (Lipinski definition) is 0. The molecule has 0 fully saturated rings. The van der Waals surface area contributed by atoms with Gasteiger partial charge in [0.15, 0.2) is 24.8 Å². The lowest BCUT2D eigenvalue weighted by atomic mass is 9.98. The fraction of sp³-hybridized carbons (Fsp3) is 0. The maximum Gasteiger partial charge on any atom is 0.226 e. The van der Waals surface area contributed by atoms with E-state index in [0.717, 1.165) is 0 Å². The van der Waals surface area contributed by atoms with E-state index in [1.54, 1.807) is 0 Å². The summed E-state index contributed by atoms with van der Waals surface area (Å²) in [7, 11) is 0. The van der Waals surface area contributed by atoms with Crippen LogP contribution in [0.5, 0.6) is 0 Å². The van der Waals surface area contributed by atoms with Crippen LogP contribution in [0.1, 0.15) is 0 Å². The molecule has 3 aromatic carbocycles. The van der Waals surface area contributed by atoms with Crippen molar-refractivity contribution in [3.05, 3.63) is 110 Å². The molecule has 0 aliphatic carbocycles. The molecule has 0 radical (unpaired) electrons. The highest BCUT2D eigenvalue weighted by Gasteiger charge is 2.24. The lowest BCUT2D eigenvalue weighted by molar-refractivity contribution is -0.595. The average molecular weight is 461 g/mol. The van der Waals surface area contributed by atoms with Gasteiger partial charge in [-0.1, -0.05) is 36.4 Å². The lowest BCUT2D eigenvalue weighted by Gasteiger charge is -2.10. The summed E-state index contributed by atoms with van der Waals surface area (Å²) < 4.78 is 4.42. The summed E-state index contributed by atoms with van der Waals surface area (Å²) in [6.45, 7) is 0. The molecular formula is C24H18IN2+. The van der Waals surface area contributed by atoms with Crippen molar-refractivity contribution in [2.75, 3.05) is 0 Å². The first-order valence-electron chi connectivity index (χ1n) is 8.80. The van der Waals surface area contributed by atoms with Crippen molar-refractivity contribution in [3.8, 4) is 11.4 Å². The van der Waals surface area contributed by atoms with Crippen molar-refractivity contribution in [3.63, 3.8) is 0 Å². The molecule has 0 aliphatic rings. The number of pyridine rings is 2. The van der Waals surface area contributed by atoms with Gasteiger partial charge in [0.1, 0.15) is 0 Å². The maximum atomic E-state index is 2.21. The van der Waals surface area contributed by atoms with Crippen molar-refractivity contribution < 1.29 is 33.1 Å². The Bertz CT molecular complexity index is 1060. The van der Waals surface area contributed by atoms with E-state index in [4.69, 9.17) is 0 Å². The first-order chi connectivity index (χ1) is 12.9. The number of fused-ring (bicyclic) bond motifs is 2. The zero-order valence-electron chi connectivity index (χ0n) is 14.7. The van der Waals surface area contributed by atoms with Crippen LogP contribution in [0.15, 0.2) is 110 Å². The van der Waals surface area contributed by atoms with Gasteiger partial charge in [-0.3, -0.25) is 0 Å². The van der Waals surface area contributed by atoms with Gasteiger partial charge in [-0.2, -0.15) is 9.13 Å². The maximum absolute atomic E-state index is 2.21. The van der Waals surface area contributed by atoms with E-state index >= 15 is 0 Å². The Labute approximate surface area is 175 Å². The standard InChI is InChI=1S/C24H18N2.HI/c1-7-15-25(16-8-1)23-19-11-3-5-13-21(19)24(26-17-9-2-10-18-26)22-14-6-4-12-20(22)23;/h1-18H;1H/q+2;/p-1. The SMILES string of the molecule is [I-].c1cc[n+](-c2c3ccccc3c(-[n+]3ccccc3)c3ccccc23)cc1. The molecule has 0 saturated heterocycles. The minimum atomic E-state index is 0. The summed E-state index contributed by atoms with van der Waals surface area (Å²) in [5.74, 6) is 0. The van der Waals surface area contributed by atoms with Gasteiger partial charge in [-0.15, -0.1) is 0 Å². The van der Waals surface area contributed by atoms with E-state index in [9.17, 15) is 0 Å². The third kappa shape index (κ3) is 2.98. The van der Waals surface area contributed by atoms with Crippen molar-refractivity contribution in [2.45, 2.75) is 0 Å². The van der Waals surface area contributed by atoms with Crippen LogP contribution < -0.4 is 33.1 Å². The zero-order valence-corrected chi connectivity index (χ0v) is 16.8. The summed E-state index contributed by atoms with van der Waals surface area (Å²) in [5.41, 5.74) is 2.44. The second-order valence-corrected chi connectivity index (χ2v) is 6.35. The molecule has 0 aliphatic heterocycles. The molecular weight excluding hydrogens is 443 g/mol. The van der Waals surface area contributed by atoms with Crippen molar-refractivity contribution in [1.29, 1.82) is 0 Å². The Morgan fingerprint density at radius 1 is 0.370 bits per heavy atom. The van der Waals surface area contributed by atoms with Crippen LogP contribution in [0.2, 0.25) is 0 Å². The molecule has 0 spiro atoms. The van der Waals surface area contributed by atoms with Crippen LogP contribution >= 0.6 is 0 Å². The monoisotopic (exact) mass is 461 g/mol. The number of hydrogen-bond donors (Lipinski definition) is 0.